The van der Waals surface area contributed by atoms with Crippen molar-refractivity contribution in [2.45, 2.75) is 19.4 Å². The van der Waals surface area contributed by atoms with E-state index in [4.69, 9.17) is 4.74 Å². The molecule has 2 aromatic rings. The van der Waals surface area contributed by atoms with E-state index in [9.17, 15) is 23.6 Å². The van der Waals surface area contributed by atoms with Crippen molar-refractivity contribution in [2.75, 3.05) is 18.1 Å². The average molecular weight is 424 g/mol. The van der Waals surface area contributed by atoms with Crippen LogP contribution in [0.5, 0.6) is 0 Å². The Bertz CT molecular complexity index is 1030. The first-order chi connectivity index (χ1) is 14.9. The smallest absolute Gasteiger partial charge is 0.338 e. The summed E-state index contributed by atoms with van der Waals surface area (Å²) in [6, 6.07) is 10.2. The minimum atomic E-state index is -1.10. The molecule has 3 amide bonds. The van der Waals surface area contributed by atoms with Crippen molar-refractivity contribution in [3.8, 4) is 0 Å². The van der Waals surface area contributed by atoms with Gasteiger partial charge >= 0.3 is 5.97 Å². The molecule has 0 spiro atoms. The molecule has 0 aromatic heterocycles. The van der Waals surface area contributed by atoms with Crippen molar-refractivity contribution in [3.05, 3.63) is 78.1 Å². The third kappa shape index (κ3) is 4.37. The maximum absolute atomic E-state index is 14.1. The Kier molecular flexibility index (Phi) is 6.59. The van der Waals surface area contributed by atoms with Crippen LogP contribution >= 0.6 is 0 Å². The number of ether oxygens (including phenoxy) is 1. The second kappa shape index (κ2) is 9.34. The Hall–Kier alpha value is -3.81. The number of benzene rings is 2. The van der Waals surface area contributed by atoms with E-state index in [1.165, 1.54) is 48.5 Å². The summed E-state index contributed by atoms with van der Waals surface area (Å²) in [5, 5.41) is 0. The minimum Gasteiger partial charge on any atom is -0.462 e. The van der Waals surface area contributed by atoms with Crippen LogP contribution in [0, 0.1) is 5.82 Å². The highest BCUT2D eigenvalue weighted by Crippen LogP contribution is 2.27. The van der Waals surface area contributed by atoms with Crippen LogP contribution in [-0.2, 0) is 14.3 Å². The van der Waals surface area contributed by atoms with Crippen LogP contribution in [-0.4, -0.2) is 47.8 Å². The second-order valence-electron chi connectivity index (χ2n) is 6.78. The summed E-state index contributed by atoms with van der Waals surface area (Å²) >= 11 is 0. The Morgan fingerprint density at radius 2 is 1.87 bits per heavy atom. The number of carbonyl (C=O) groups is 4. The number of rotatable bonds is 7. The van der Waals surface area contributed by atoms with E-state index in [1.54, 1.807) is 6.92 Å². The normalized spacial score (nSPS) is 15.7. The van der Waals surface area contributed by atoms with E-state index in [2.05, 4.69) is 6.58 Å². The maximum atomic E-state index is 14.1. The van der Waals surface area contributed by atoms with Gasteiger partial charge in [-0.3, -0.25) is 14.4 Å². The lowest BCUT2D eigenvalue weighted by Crippen LogP contribution is -2.45. The van der Waals surface area contributed by atoms with E-state index in [0.29, 0.717) is 0 Å². The topological polar surface area (TPSA) is 84.0 Å². The molecule has 1 aliphatic rings. The largest absolute Gasteiger partial charge is 0.462 e. The molecule has 0 aliphatic carbocycles. The molecule has 3 rings (SSSR count). The molecule has 7 nitrogen and oxygen atoms in total. The fourth-order valence-electron chi connectivity index (χ4n) is 3.37. The number of halogens is 1. The average Bonchev–Trinajstić information content (AvgIpc) is 3.06. The molecular formula is C23H21FN2O5. The first-order valence-electron chi connectivity index (χ1n) is 9.69. The molecule has 1 heterocycles. The summed E-state index contributed by atoms with van der Waals surface area (Å²) in [6.07, 6.45) is 1.17. The molecular weight excluding hydrogens is 403 g/mol. The quantitative estimate of drug-likeness (QED) is 0.388. The third-order valence-electron chi connectivity index (χ3n) is 4.83. The van der Waals surface area contributed by atoms with Crippen molar-refractivity contribution >= 4 is 29.4 Å². The van der Waals surface area contributed by atoms with Crippen molar-refractivity contribution in [1.29, 1.82) is 0 Å². The summed E-state index contributed by atoms with van der Waals surface area (Å²) in [7, 11) is 0. The molecule has 1 saturated heterocycles. The van der Waals surface area contributed by atoms with Crippen LogP contribution in [0.3, 0.4) is 0 Å². The fourth-order valence-corrected chi connectivity index (χ4v) is 3.37. The van der Waals surface area contributed by atoms with Crippen LogP contribution in [0.15, 0.2) is 61.2 Å². The zero-order valence-corrected chi connectivity index (χ0v) is 16.9. The van der Waals surface area contributed by atoms with Crippen molar-refractivity contribution in [2.24, 2.45) is 0 Å². The summed E-state index contributed by atoms with van der Waals surface area (Å²) < 4.78 is 19.0. The van der Waals surface area contributed by atoms with Crippen molar-refractivity contribution in [1.82, 2.24) is 4.90 Å². The summed E-state index contributed by atoms with van der Waals surface area (Å²) in [5.41, 5.74) is 0.355. The molecule has 1 atom stereocenters. The Balaban J connectivity index is 1.86. The van der Waals surface area contributed by atoms with Gasteiger partial charge in [-0.1, -0.05) is 18.2 Å². The number of amides is 3. The van der Waals surface area contributed by atoms with Gasteiger partial charge in [0.05, 0.1) is 29.8 Å². The van der Waals surface area contributed by atoms with Gasteiger partial charge in [0.25, 0.3) is 11.8 Å². The highest BCUT2D eigenvalue weighted by Gasteiger charge is 2.44. The van der Waals surface area contributed by atoms with Crippen LogP contribution in [0.4, 0.5) is 10.1 Å². The molecule has 0 bridgehead atoms. The van der Waals surface area contributed by atoms with Gasteiger partial charge in [0, 0.05) is 6.54 Å². The Morgan fingerprint density at radius 3 is 2.48 bits per heavy atom. The number of nitrogens with zero attached hydrogens (tertiary/aromatic N) is 2. The number of imide groups is 1. The number of anilines is 1. The van der Waals surface area contributed by atoms with Crippen LogP contribution in [0.2, 0.25) is 0 Å². The maximum Gasteiger partial charge on any atom is 0.338 e. The predicted octanol–water partition coefficient (Wildman–Crippen LogP) is 2.96. The molecule has 1 aliphatic heterocycles. The number of esters is 1. The summed E-state index contributed by atoms with van der Waals surface area (Å²) in [5.74, 6) is -3.05. The van der Waals surface area contributed by atoms with Gasteiger partial charge in [-0.2, -0.15) is 0 Å². The van der Waals surface area contributed by atoms with Crippen molar-refractivity contribution < 1.29 is 28.3 Å². The predicted molar refractivity (Wildman–Crippen MR) is 111 cm³/mol. The third-order valence-corrected chi connectivity index (χ3v) is 4.83. The zero-order chi connectivity index (χ0) is 22.5. The fraction of sp³-hybridized carbons (Fsp3) is 0.217. The molecule has 1 fully saturated rings. The highest BCUT2D eigenvalue weighted by molar-refractivity contribution is 6.23. The first kappa shape index (κ1) is 21.9. The van der Waals surface area contributed by atoms with E-state index in [0.717, 1.165) is 15.9 Å². The van der Waals surface area contributed by atoms with Crippen LogP contribution in [0.25, 0.3) is 0 Å². The van der Waals surface area contributed by atoms with Gasteiger partial charge in [-0.05, 0) is 43.3 Å². The summed E-state index contributed by atoms with van der Waals surface area (Å²) in [6.45, 7) is 5.47. The lowest BCUT2D eigenvalue weighted by Gasteiger charge is -2.26. The van der Waals surface area contributed by atoms with E-state index >= 15 is 0 Å². The molecule has 2 aromatic carbocycles. The Labute approximate surface area is 178 Å². The highest BCUT2D eigenvalue weighted by atomic mass is 19.1. The van der Waals surface area contributed by atoms with Gasteiger partial charge in [0.2, 0.25) is 5.91 Å². The molecule has 1 unspecified atom stereocenters. The van der Waals surface area contributed by atoms with Gasteiger partial charge in [-0.15, -0.1) is 6.58 Å². The minimum absolute atomic E-state index is 0.0352. The van der Waals surface area contributed by atoms with E-state index in [1.807, 2.05) is 0 Å². The zero-order valence-electron chi connectivity index (χ0n) is 16.9. The number of hydrogen-bond acceptors (Lipinski definition) is 5. The molecule has 8 heteroatoms. The molecule has 160 valence electrons. The van der Waals surface area contributed by atoms with Gasteiger partial charge in [-0.25, -0.2) is 14.1 Å². The second-order valence-corrected chi connectivity index (χ2v) is 6.78. The first-order valence-corrected chi connectivity index (χ1v) is 9.69. The Morgan fingerprint density at radius 1 is 1.19 bits per heavy atom. The number of hydrogen-bond donors (Lipinski definition) is 0. The van der Waals surface area contributed by atoms with E-state index < -0.39 is 35.5 Å². The number of carbonyl (C=O) groups excluding carboxylic acids is 4. The summed E-state index contributed by atoms with van der Waals surface area (Å²) in [4.78, 5) is 52.5. The van der Waals surface area contributed by atoms with Crippen molar-refractivity contribution in [3.63, 3.8) is 0 Å². The van der Waals surface area contributed by atoms with Crippen LogP contribution in [0.1, 0.15) is 34.1 Å². The van der Waals surface area contributed by atoms with Gasteiger partial charge in [0.15, 0.2) is 0 Å². The van der Waals surface area contributed by atoms with Gasteiger partial charge < -0.3 is 9.64 Å². The monoisotopic (exact) mass is 424 g/mol. The molecule has 0 radical (unpaired) electrons. The van der Waals surface area contributed by atoms with E-state index in [-0.39, 0.29) is 36.4 Å². The molecule has 0 N–H and O–H groups in total. The van der Waals surface area contributed by atoms with Crippen LogP contribution < -0.4 is 4.90 Å². The lowest BCUT2D eigenvalue weighted by molar-refractivity contribution is -0.122. The SMILES string of the molecule is C=CCN(C(=O)c1ccccc1F)C1CC(=O)N(c2ccc(C(=O)OCC)cc2)C1=O. The molecule has 31 heavy (non-hydrogen) atoms. The molecule has 0 saturated carbocycles. The standard InChI is InChI=1S/C23H21FN2O5/c1-3-13-25(21(28)17-7-5-6-8-18(17)24)19-14-20(27)26(22(19)29)16-11-9-15(10-12-16)23(30)31-4-2/h3,5-12,19H,1,4,13-14H2,2H3. The van der Waals surface area contributed by atoms with Gasteiger partial charge in [0.1, 0.15) is 11.9 Å². The lowest BCUT2D eigenvalue weighted by atomic mass is 10.1.